The first kappa shape index (κ1) is 12.3. The molecule has 0 aliphatic heterocycles. The maximum Gasteiger partial charge on any atom is 0.354 e. The molecule has 0 unspecified atom stereocenters. The van der Waals surface area contributed by atoms with E-state index in [0.717, 1.165) is 9.13 Å². The van der Waals surface area contributed by atoms with Crippen molar-refractivity contribution in [3.8, 4) is 11.4 Å². The summed E-state index contributed by atoms with van der Waals surface area (Å²) in [7, 11) is 0. The third-order valence-electron chi connectivity index (χ3n) is 2.00. The highest BCUT2D eigenvalue weighted by Gasteiger charge is 2.10. The quantitative estimate of drug-likeness (QED) is 0.660. The number of benzene rings is 1. The predicted octanol–water partition coefficient (Wildman–Crippen LogP) is 3.10. The number of aromatic nitrogens is 2. The van der Waals surface area contributed by atoms with Crippen molar-refractivity contribution in [2.24, 2.45) is 0 Å². The predicted molar refractivity (Wildman–Crippen MR) is 72.2 cm³/mol. The third kappa shape index (κ3) is 2.92. The number of hydrogen-bond donors (Lipinski definition) is 1. The molecule has 0 spiro atoms. The molecule has 0 amide bonds. The molecule has 0 bridgehead atoms. The van der Waals surface area contributed by atoms with Gasteiger partial charge in [0.15, 0.2) is 11.5 Å². The standard InChI is InChI=1S/C11H6ClIN2O2/c12-9-5-8(11(16)17)14-10(15-9)6-2-1-3-7(13)4-6/h1-5H,(H,16,17). The molecule has 2 aromatic rings. The second-order valence-corrected chi connectivity index (χ2v) is 4.85. The van der Waals surface area contributed by atoms with Crippen LogP contribution in [0.5, 0.6) is 0 Å². The lowest BCUT2D eigenvalue weighted by molar-refractivity contribution is 0.0690. The van der Waals surface area contributed by atoms with Crippen LogP contribution in [0.1, 0.15) is 10.5 Å². The van der Waals surface area contributed by atoms with Gasteiger partial charge in [0.2, 0.25) is 0 Å². The minimum Gasteiger partial charge on any atom is -0.477 e. The summed E-state index contributed by atoms with van der Waals surface area (Å²) in [5, 5.41) is 9.00. The van der Waals surface area contributed by atoms with Crippen LogP contribution >= 0.6 is 34.2 Å². The Morgan fingerprint density at radius 1 is 1.29 bits per heavy atom. The summed E-state index contributed by atoms with van der Waals surface area (Å²) in [4.78, 5) is 18.8. The van der Waals surface area contributed by atoms with Gasteiger partial charge in [0, 0.05) is 15.2 Å². The average molecular weight is 361 g/mol. The molecule has 86 valence electrons. The Balaban J connectivity index is 2.56. The zero-order valence-electron chi connectivity index (χ0n) is 8.39. The molecule has 0 saturated heterocycles. The summed E-state index contributed by atoms with van der Waals surface area (Å²) < 4.78 is 1.01. The fourth-order valence-electron chi connectivity index (χ4n) is 1.28. The van der Waals surface area contributed by atoms with Gasteiger partial charge in [0.25, 0.3) is 0 Å². The van der Waals surface area contributed by atoms with E-state index in [-0.39, 0.29) is 10.8 Å². The highest BCUT2D eigenvalue weighted by molar-refractivity contribution is 14.1. The van der Waals surface area contributed by atoms with Crippen molar-refractivity contribution in [1.82, 2.24) is 9.97 Å². The van der Waals surface area contributed by atoms with Gasteiger partial charge in [-0.2, -0.15) is 0 Å². The molecule has 17 heavy (non-hydrogen) atoms. The van der Waals surface area contributed by atoms with Gasteiger partial charge in [0.05, 0.1) is 0 Å². The van der Waals surface area contributed by atoms with Gasteiger partial charge in [-0.1, -0.05) is 23.7 Å². The molecule has 2 rings (SSSR count). The molecule has 4 nitrogen and oxygen atoms in total. The maximum absolute atomic E-state index is 10.9. The topological polar surface area (TPSA) is 63.1 Å². The number of carbonyl (C=O) groups is 1. The minimum absolute atomic E-state index is 0.112. The molecule has 1 aromatic heterocycles. The molecular weight excluding hydrogens is 354 g/mol. The third-order valence-corrected chi connectivity index (χ3v) is 2.86. The molecule has 1 N–H and O–H groups in total. The molecule has 1 aromatic carbocycles. The molecule has 1 heterocycles. The SMILES string of the molecule is O=C(O)c1cc(Cl)nc(-c2cccc(I)c2)n1. The molecule has 0 fully saturated rings. The van der Waals surface area contributed by atoms with Gasteiger partial charge < -0.3 is 5.11 Å². The van der Waals surface area contributed by atoms with E-state index in [1.807, 2.05) is 18.2 Å². The van der Waals surface area contributed by atoms with Crippen molar-refractivity contribution < 1.29 is 9.90 Å². The fourth-order valence-corrected chi connectivity index (χ4v) is 2.01. The van der Waals surface area contributed by atoms with Crippen molar-refractivity contribution in [1.29, 1.82) is 0 Å². The lowest BCUT2D eigenvalue weighted by Gasteiger charge is -2.02. The zero-order valence-corrected chi connectivity index (χ0v) is 11.3. The highest BCUT2D eigenvalue weighted by atomic mass is 127. The van der Waals surface area contributed by atoms with E-state index >= 15 is 0 Å². The van der Waals surface area contributed by atoms with Crippen molar-refractivity contribution in [2.75, 3.05) is 0 Å². The molecular formula is C11H6ClIN2O2. The van der Waals surface area contributed by atoms with E-state index in [2.05, 4.69) is 32.6 Å². The Morgan fingerprint density at radius 2 is 2.06 bits per heavy atom. The van der Waals surface area contributed by atoms with Crippen molar-refractivity contribution >= 4 is 40.2 Å². The largest absolute Gasteiger partial charge is 0.477 e. The number of carboxylic acid groups (broad SMARTS) is 1. The Hall–Kier alpha value is -1.21. The maximum atomic E-state index is 10.9. The van der Waals surface area contributed by atoms with Crippen LogP contribution in [-0.2, 0) is 0 Å². The van der Waals surface area contributed by atoms with Crippen LogP contribution in [0.25, 0.3) is 11.4 Å². The van der Waals surface area contributed by atoms with Gasteiger partial charge in [-0.05, 0) is 34.7 Å². The molecule has 0 radical (unpaired) electrons. The van der Waals surface area contributed by atoms with Crippen molar-refractivity contribution in [3.05, 3.63) is 44.7 Å². The Bertz CT molecular complexity index is 589. The van der Waals surface area contributed by atoms with Crippen LogP contribution in [0.2, 0.25) is 5.15 Å². The van der Waals surface area contributed by atoms with E-state index in [1.165, 1.54) is 6.07 Å². The first-order valence-electron chi connectivity index (χ1n) is 4.60. The first-order chi connectivity index (χ1) is 8.06. The summed E-state index contributed by atoms with van der Waals surface area (Å²) in [5.41, 5.74) is 0.626. The number of hydrogen-bond acceptors (Lipinski definition) is 3. The van der Waals surface area contributed by atoms with Crippen LogP contribution in [0.4, 0.5) is 0 Å². The van der Waals surface area contributed by atoms with Crippen molar-refractivity contribution in [3.63, 3.8) is 0 Å². The van der Waals surface area contributed by atoms with E-state index in [0.29, 0.717) is 5.82 Å². The van der Waals surface area contributed by atoms with Gasteiger partial charge in [-0.25, -0.2) is 14.8 Å². The van der Waals surface area contributed by atoms with E-state index in [9.17, 15) is 4.79 Å². The van der Waals surface area contributed by atoms with Crippen LogP contribution in [0.15, 0.2) is 30.3 Å². The number of carboxylic acids is 1. The molecule has 0 aliphatic rings. The van der Waals surface area contributed by atoms with Gasteiger partial charge in [-0.3, -0.25) is 0 Å². The highest BCUT2D eigenvalue weighted by Crippen LogP contribution is 2.20. The van der Waals surface area contributed by atoms with Crippen LogP contribution in [0, 0.1) is 3.57 Å². The Morgan fingerprint density at radius 3 is 2.71 bits per heavy atom. The van der Waals surface area contributed by atoms with E-state index in [4.69, 9.17) is 16.7 Å². The summed E-state index contributed by atoms with van der Waals surface area (Å²) >= 11 is 7.93. The molecule has 0 aliphatic carbocycles. The Labute approximate surface area is 116 Å². The number of rotatable bonds is 2. The van der Waals surface area contributed by atoms with Crippen molar-refractivity contribution in [2.45, 2.75) is 0 Å². The minimum atomic E-state index is -1.12. The average Bonchev–Trinajstić information content (AvgIpc) is 2.28. The Kier molecular flexibility index (Phi) is 3.58. The van der Waals surface area contributed by atoms with Crippen LogP contribution in [-0.4, -0.2) is 21.0 Å². The summed E-state index contributed by atoms with van der Waals surface area (Å²) in [6, 6.07) is 8.66. The van der Waals surface area contributed by atoms with Crippen LogP contribution < -0.4 is 0 Å². The van der Waals surface area contributed by atoms with Gasteiger partial charge in [0.1, 0.15) is 5.15 Å². The summed E-state index contributed by atoms with van der Waals surface area (Å²) in [6.07, 6.45) is 0. The summed E-state index contributed by atoms with van der Waals surface area (Å²) in [6.45, 7) is 0. The number of halogens is 2. The number of aromatic carboxylic acids is 1. The first-order valence-corrected chi connectivity index (χ1v) is 6.06. The molecule has 0 atom stereocenters. The van der Waals surface area contributed by atoms with Gasteiger partial charge in [-0.15, -0.1) is 0 Å². The monoisotopic (exact) mass is 360 g/mol. The molecule has 0 saturated carbocycles. The van der Waals surface area contributed by atoms with E-state index in [1.54, 1.807) is 6.07 Å². The second-order valence-electron chi connectivity index (χ2n) is 3.22. The fraction of sp³-hybridized carbons (Fsp3) is 0. The normalized spacial score (nSPS) is 10.2. The van der Waals surface area contributed by atoms with E-state index < -0.39 is 5.97 Å². The second kappa shape index (κ2) is 4.97. The van der Waals surface area contributed by atoms with Crippen LogP contribution in [0.3, 0.4) is 0 Å². The number of nitrogens with zero attached hydrogens (tertiary/aromatic N) is 2. The zero-order chi connectivity index (χ0) is 12.4. The molecule has 6 heteroatoms. The lowest BCUT2D eigenvalue weighted by atomic mass is 10.2. The summed E-state index contributed by atoms with van der Waals surface area (Å²) in [5.74, 6) is -0.811. The van der Waals surface area contributed by atoms with Gasteiger partial charge >= 0.3 is 5.97 Å². The lowest BCUT2D eigenvalue weighted by Crippen LogP contribution is -2.03. The smallest absolute Gasteiger partial charge is 0.354 e.